The third kappa shape index (κ3) is 4.08. The molecule has 2 heterocycles. The lowest BCUT2D eigenvalue weighted by molar-refractivity contribution is 0.0727. The van der Waals surface area contributed by atoms with Crippen molar-refractivity contribution in [1.82, 2.24) is 19.5 Å². The van der Waals surface area contributed by atoms with Crippen LogP contribution in [0, 0.1) is 0 Å². The van der Waals surface area contributed by atoms with E-state index in [4.69, 9.17) is 14.3 Å². The number of morpholine rings is 1. The molecule has 0 spiro atoms. The van der Waals surface area contributed by atoms with Gasteiger partial charge in [0.25, 0.3) is 0 Å². The minimum atomic E-state index is -3.63. The van der Waals surface area contributed by atoms with Crippen molar-refractivity contribution in [1.29, 1.82) is 0 Å². The van der Waals surface area contributed by atoms with Crippen molar-refractivity contribution < 1.29 is 22.7 Å². The van der Waals surface area contributed by atoms with Crippen LogP contribution in [-0.2, 0) is 21.4 Å². The fraction of sp³-hybridized carbons (Fsp3) is 0.333. The Labute approximate surface area is 176 Å². The van der Waals surface area contributed by atoms with Crippen molar-refractivity contribution >= 4 is 37.0 Å². The first kappa shape index (κ1) is 20.1. The average molecular weight is 483 g/mol. The van der Waals surface area contributed by atoms with E-state index in [1.54, 1.807) is 13.2 Å². The molecule has 1 aliphatic rings. The van der Waals surface area contributed by atoms with Gasteiger partial charge in [0.1, 0.15) is 23.4 Å². The van der Waals surface area contributed by atoms with E-state index in [0.29, 0.717) is 43.1 Å². The number of nitrogens with zero attached hydrogens (tertiary/aromatic N) is 4. The number of methoxy groups -OCH3 is 1. The van der Waals surface area contributed by atoms with E-state index in [1.807, 2.05) is 18.2 Å². The molecular weight excluding hydrogens is 464 g/mol. The monoisotopic (exact) mass is 482 g/mol. The SMILES string of the molecule is COc1ccc(Br)cc1COn1nnc2ccc(S(=O)(=O)N3CCOCC3)cc21. The molecule has 29 heavy (non-hydrogen) atoms. The number of halogens is 1. The number of ether oxygens (including phenoxy) is 2. The molecular formula is C18H19BrN4O5S. The number of hydrogen-bond donors (Lipinski definition) is 0. The predicted molar refractivity (Wildman–Crippen MR) is 108 cm³/mol. The summed E-state index contributed by atoms with van der Waals surface area (Å²) in [6.45, 7) is 1.60. The van der Waals surface area contributed by atoms with Gasteiger partial charge in [0.2, 0.25) is 10.0 Å². The van der Waals surface area contributed by atoms with Crippen molar-refractivity contribution in [2.75, 3.05) is 33.4 Å². The van der Waals surface area contributed by atoms with Gasteiger partial charge in [-0.05, 0) is 41.6 Å². The summed E-state index contributed by atoms with van der Waals surface area (Å²) in [5.41, 5.74) is 1.81. The second-order valence-electron chi connectivity index (χ2n) is 6.36. The Hall–Kier alpha value is -2.21. The standard InChI is InChI=1S/C18H19BrN4O5S/c1-26-18-5-2-14(19)10-13(18)12-28-23-17-11-15(3-4-16(17)20-21-23)29(24,25)22-6-8-27-9-7-22/h2-5,10-11H,6-9,12H2,1H3. The van der Waals surface area contributed by atoms with Gasteiger partial charge in [0.05, 0.1) is 25.2 Å². The first-order valence-electron chi connectivity index (χ1n) is 8.88. The molecule has 1 saturated heterocycles. The second-order valence-corrected chi connectivity index (χ2v) is 9.21. The number of benzene rings is 2. The molecule has 0 amide bonds. The molecule has 0 radical (unpaired) electrons. The van der Waals surface area contributed by atoms with E-state index >= 15 is 0 Å². The quantitative estimate of drug-likeness (QED) is 0.528. The molecule has 154 valence electrons. The summed E-state index contributed by atoms with van der Waals surface area (Å²) in [6, 6.07) is 10.3. The van der Waals surface area contributed by atoms with Crippen LogP contribution < -0.4 is 9.57 Å². The molecule has 4 rings (SSSR count). The predicted octanol–water partition coefficient (Wildman–Crippen LogP) is 1.85. The third-order valence-electron chi connectivity index (χ3n) is 4.58. The highest BCUT2D eigenvalue weighted by Crippen LogP contribution is 2.24. The van der Waals surface area contributed by atoms with E-state index in [1.165, 1.54) is 21.3 Å². The molecule has 0 atom stereocenters. The molecule has 0 unspecified atom stereocenters. The molecule has 9 nitrogen and oxygen atoms in total. The third-order valence-corrected chi connectivity index (χ3v) is 6.97. The molecule has 1 aliphatic heterocycles. The van der Waals surface area contributed by atoms with Gasteiger partial charge in [-0.15, -0.1) is 5.10 Å². The summed E-state index contributed by atoms with van der Waals surface area (Å²) in [5.74, 6) is 0.674. The first-order valence-corrected chi connectivity index (χ1v) is 11.1. The number of aromatic nitrogens is 3. The van der Waals surface area contributed by atoms with Crippen LogP contribution in [0.2, 0.25) is 0 Å². The van der Waals surface area contributed by atoms with Crippen LogP contribution in [0.4, 0.5) is 0 Å². The van der Waals surface area contributed by atoms with E-state index in [-0.39, 0.29) is 11.5 Å². The lowest BCUT2D eigenvalue weighted by Gasteiger charge is -2.26. The maximum atomic E-state index is 12.9. The van der Waals surface area contributed by atoms with Gasteiger partial charge in [-0.1, -0.05) is 20.8 Å². The van der Waals surface area contributed by atoms with E-state index in [0.717, 1.165) is 10.0 Å². The smallest absolute Gasteiger partial charge is 0.243 e. The molecule has 0 aliphatic carbocycles. The van der Waals surface area contributed by atoms with Crippen molar-refractivity contribution in [3.63, 3.8) is 0 Å². The van der Waals surface area contributed by atoms with Crippen LogP contribution >= 0.6 is 15.9 Å². The fourth-order valence-corrected chi connectivity index (χ4v) is 4.90. The number of rotatable bonds is 6. The van der Waals surface area contributed by atoms with Crippen molar-refractivity contribution in [3.8, 4) is 5.75 Å². The molecule has 1 fully saturated rings. The Morgan fingerprint density at radius 3 is 2.72 bits per heavy atom. The van der Waals surface area contributed by atoms with Crippen molar-refractivity contribution in [3.05, 3.63) is 46.4 Å². The maximum Gasteiger partial charge on any atom is 0.243 e. The molecule has 3 aromatic rings. The van der Waals surface area contributed by atoms with E-state index < -0.39 is 10.0 Å². The van der Waals surface area contributed by atoms with Crippen LogP contribution in [0.25, 0.3) is 11.0 Å². The van der Waals surface area contributed by atoms with Gasteiger partial charge in [-0.2, -0.15) is 4.31 Å². The van der Waals surface area contributed by atoms with Crippen LogP contribution in [0.1, 0.15) is 5.56 Å². The van der Waals surface area contributed by atoms with Gasteiger partial charge in [-0.3, -0.25) is 0 Å². The highest BCUT2D eigenvalue weighted by Gasteiger charge is 2.27. The number of sulfonamides is 1. The van der Waals surface area contributed by atoms with Crippen LogP contribution in [0.3, 0.4) is 0 Å². The Kier molecular flexibility index (Phi) is 5.72. The van der Waals surface area contributed by atoms with E-state index in [9.17, 15) is 8.42 Å². The highest BCUT2D eigenvalue weighted by molar-refractivity contribution is 9.10. The zero-order valence-electron chi connectivity index (χ0n) is 15.6. The molecule has 0 saturated carbocycles. The van der Waals surface area contributed by atoms with Crippen LogP contribution in [-0.4, -0.2) is 61.3 Å². The van der Waals surface area contributed by atoms with Crippen molar-refractivity contribution in [2.24, 2.45) is 0 Å². The molecule has 0 bridgehead atoms. The van der Waals surface area contributed by atoms with Gasteiger partial charge >= 0.3 is 0 Å². The summed E-state index contributed by atoms with van der Waals surface area (Å²) in [7, 11) is -2.05. The minimum Gasteiger partial charge on any atom is -0.496 e. The summed E-state index contributed by atoms with van der Waals surface area (Å²) >= 11 is 3.43. The second kappa shape index (κ2) is 8.27. The normalized spacial score (nSPS) is 15.5. The highest BCUT2D eigenvalue weighted by atomic mass is 79.9. The van der Waals surface area contributed by atoms with Crippen molar-refractivity contribution in [2.45, 2.75) is 11.5 Å². The zero-order chi connectivity index (χ0) is 20.4. The Bertz CT molecular complexity index is 1130. The Balaban J connectivity index is 1.62. The summed E-state index contributed by atoms with van der Waals surface area (Å²) in [4.78, 5) is 7.17. The van der Waals surface area contributed by atoms with Gasteiger partial charge in [0.15, 0.2) is 0 Å². The summed E-state index contributed by atoms with van der Waals surface area (Å²) < 4.78 is 38.7. The number of fused-ring (bicyclic) bond motifs is 1. The van der Waals surface area contributed by atoms with Gasteiger partial charge in [-0.25, -0.2) is 8.42 Å². The van der Waals surface area contributed by atoms with Gasteiger partial charge < -0.3 is 14.3 Å². The number of hydrogen-bond acceptors (Lipinski definition) is 7. The molecule has 0 N–H and O–H groups in total. The molecule has 2 aromatic carbocycles. The lowest BCUT2D eigenvalue weighted by Crippen LogP contribution is -2.40. The minimum absolute atomic E-state index is 0.166. The Morgan fingerprint density at radius 1 is 1.17 bits per heavy atom. The zero-order valence-corrected chi connectivity index (χ0v) is 18.0. The largest absolute Gasteiger partial charge is 0.496 e. The Morgan fingerprint density at radius 2 is 1.97 bits per heavy atom. The fourth-order valence-electron chi connectivity index (χ4n) is 3.06. The van der Waals surface area contributed by atoms with E-state index in [2.05, 4.69) is 26.2 Å². The van der Waals surface area contributed by atoms with Gasteiger partial charge in [0, 0.05) is 23.1 Å². The lowest BCUT2D eigenvalue weighted by atomic mass is 10.2. The summed E-state index contributed by atoms with van der Waals surface area (Å²) in [5, 5.41) is 8.03. The first-order chi connectivity index (χ1) is 14.0. The summed E-state index contributed by atoms with van der Waals surface area (Å²) in [6.07, 6.45) is 0. The average Bonchev–Trinajstić information content (AvgIpc) is 3.15. The van der Waals surface area contributed by atoms with Crippen LogP contribution in [0.15, 0.2) is 45.8 Å². The molecule has 11 heteroatoms. The topological polar surface area (TPSA) is 95.8 Å². The van der Waals surface area contributed by atoms with Crippen LogP contribution in [0.5, 0.6) is 5.75 Å². The maximum absolute atomic E-state index is 12.9. The molecule has 1 aromatic heterocycles.